The van der Waals surface area contributed by atoms with Gasteiger partial charge in [0.25, 0.3) is 0 Å². The predicted octanol–water partition coefficient (Wildman–Crippen LogP) is 2.25. The van der Waals surface area contributed by atoms with Gasteiger partial charge in [0.2, 0.25) is 5.91 Å². The van der Waals surface area contributed by atoms with Crippen LogP contribution < -0.4 is 4.90 Å². The van der Waals surface area contributed by atoms with Crippen molar-refractivity contribution in [3.8, 4) is 0 Å². The van der Waals surface area contributed by atoms with E-state index in [1.165, 1.54) is 11.3 Å². The van der Waals surface area contributed by atoms with Crippen LogP contribution >= 0.6 is 0 Å². The third-order valence-corrected chi connectivity index (χ3v) is 5.29. The molecule has 126 valence electrons. The van der Waals surface area contributed by atoms with E-state index >= 15 is 0 Å². The Morgan fingerprint density at radius 1 is 1.35 bits per heavy atom. The van der Waals surface area contributed by atoms with Gasteiger partial charge in [-0.05, 0) is 44.2 Å². The number of likely N-dealkylation sites (tertiary alicyclic amines) is 1. The van der Waals surface area contributed by atoms with Crippen LogP contribution in [0.5, 0.6) is 0 Å². The number of aryl methyl sites for hydroxylation is 1. The Morgan fingerprint density at radius 3 is 3.00 bits per heavy atom. The molecule has 2 fully saturated rings. The van der Waals surface area contributed by atoms with Gasteiger partial charge in [-0.25, -0.2) is 0 Å². The zero-order chi connectivity index (χ0) is 16.3. The van der Waals surface area contributed by atoms with Crippen LogP contribution in [-0.2, 0) is 9.53 Å². The van der Waals surface area contributed by atoms with Crippen molar-refractivity contribution in [3.05, 3.63) is 24.0 Å². The average molecular weight is 317 g/mol. The molecule has 1 spiro atoms. The summed E-state index contributed by atoms with van der Waals surface area (Å²) in [5.74, 6) is 0.356. The third kappa shape index (κ3) is 3.20. The molecule has 3 heterocycles. The quantitative estimate of drug-likeness (QED) is 0.782. The maximum absolute atomic E-state index is 13.1. The Kier molecular flexibility index (Phi) is 4.85. The molecular formula is C18H27N3O2. The number of rotatable bonds is 5. The number of piperidine rings is 1. The van der Waals surface area contributed by atoms with Crippen molar-refractivity contribution in [2.75, 3.05) is 44.8 Å². The fourth-order valence-corrected chi connectivity index (χ4v) is 4.04. The first-order valence-electron chi connectivity index (χ1n) is 8.60. The minimum absolute atomic E-state index is 0.180. The highest BCUT2D eigenvalue weighted by Crippen LogP contribution is 2.42. The molecule has 0 radical (unpaired) electrons. The van der Waals surface area contributed by atoms with Crippen molar-refractivity contribution in [1.29, 1.82) is 0 Å². The summed E-state index contributed by atoms with van der Waals surface area (Å²) in [4.78, 5) is 21.7. The Hall–Kier alpha value is -1.62. The van der Waals surface area contributed by atoms with Crippen molar-refractivity contribution in [2.24, 2.45) is 5.41 Å². The highest BCUT2D eigenvalue weighted by atomic mass is 16.5. The summed E-state index contributed by atoms with van der Waals surface area (Å²) < 4.78 is 5.12. The molecule has 23 heavy (non-hydrogen) atoms. The molecule has 5 nitrogen and oxygen atoms in total. The van der Waals surface area contributed by atoms with Gasteiger partial charge in [0.05, 0.1) is 5.41 Å². The topological polar surface area (TPSA) is 45.7 Å². The van der Waals surface area contributed by atoms with E-state index in [0.717, 1.165) is 58.5 Å². The molecule has 0 saturated carbocycles. The van der Waals surface area contributed by atoms with Crippen LogP contribution in [0.2, 0.25) is 0 Å². The maximum atomic E-state index is 13.1. The van der Waals surface area contributed by atoms with Crippen molar-refractivity contribution in [2.45, 2.75) is 32.6 Å². The molecule has 0 unspecified atom stereocenters. The molecule has 1 aromatic rings. The van der Waals surface area contributed by atoms with E-state index in [4.69, 9.17) is 4.74 Å². The first kappa shape index (κ1) is 16.2. The van der Waals surface area contributed by atoms with E-state index in [0.29, 0.717) is 5.91 Å². The Balaban J connectivity index is 1.70. The SMILES string of the molecule is COCCCN1CCC[C@@]2(CCN(c3ccncc3C)C2)C1=O. The number of hydrogen-bond donors (Lipinski definition) is 0. The fraction of sp³-hybridized carbons (Fsp3) is 0.667. The number of carbonyl (C=O) groups is 1. The van der Waals surface area contributed by atoms with Gasteiger partial charge in [0.15, 0.2) is 0 Å². The lowest BCUT2D eigenvalue weighted by molar-refractivity contribution is -0.145. The second-order valence-electron chi connectivity index (χ2n) is 6.86. The van der Waals surface area contributed by atoms with E-state index in [2.05, 4.69) is 27.8 Å². The van der Waals surface area contributed by atoms with Gasteiger partial charge in [-0.3, -0.25) is 9.78 Å². The van der Waals surface area contributed by atoms with Gasteiger partial charge >= 0.3 is 0 Å². The van der Waals surface area contributed by atoms with E-state index in [-0.39, 0.29) is 5.41 Å². The number of anilines is 1. The molecule has 0 bridgehead atoms. The van der Waals surface area contributed by atoms with Crippen molar-refractivity contribution in [1.82, 2.24) is 9.88 Å². The highest BCUT2D eigenvalue weighted by Gasteiger charge is 2.48. The summed E-state index contributed by atoms with van der Waals surface area (Å²) in [5, 5.41) is 0. The van der Waals surface area contributed by atoms with Crippen LogP contribution in [0.4, 0.5) is 5.69 Å². The standard InChI is InChI=1S/C18H27N3O2/c1-15-13-19-8-5-16(15)21-11-7-18(14-21)6-3-9-20(17(18)22)10-4-12-23-2/h5,8,13H,3-4,6-7,9-12,14H2,1-2H3/t18-/m0/s1. The highest BCUT2D eigenvalue weighted by molar-refractivity contribution is 5.85. The Morgan fingerprint density at radius 2 is 2.22 bits per heavy atom. The molecule has 1 aromatic heterocycles. The number of amides is 1. The van der Waals surface area contributed by atoms with Crippen LogP contribution in [0.15, 0.2) is 18.5 Å². The smallest absolute Gasteiger partial charge is 0.230 e. The van der Waals surface area contributed by atoms with E-state index < -0.39 is 0 Å². The molecular weight excluding hydrogens is 290 g/mol. The first-order valence-corrected chi connectivity index (χ1v) is 8.60. The third-order valence-electron chi connectivity index (χ3n) is 5.29. The minimum atomic E-state index is -0.180. The summed E-state index contributed by atoms with van der Waals surface area (Å²) >= 11 is 0. The van der Waals surface area contributed by atoms with E-state index in [9.17, 15) is 4.79 Å². The maximum Gasteiger partial charge on any atom is 0.230 e. The monoisotopic (exact) mass is 317 g/mol. The van der Waals surface area contributed by atoms with Gasteiger partial charge in [-0.15, -0.1) is 0 Å². The fourth-order valence-electron chi connectivity index (χ4n) is 4.04. The van der Waals surface area contributed by atoms with Crippen LogP contribution in [0.25, 0.3) is 0 Å². The summed E-state index contributed by atoms with van der Waals surface area (Å²) in [7, 11) is 1.71. The summed E-state index contributed by atoms with van der Waals surface area (Å²) in [6, 6.07) is 2.07. The van der Waals surface area contributed by atoms with Crippen LogP contribution in [0.1, 0.15) is 31.2 Å². The van der Waals surface area contributed by atoms with E-state index in [1.54, 1.807) is 7.11 Å². The van der Waals surface area contributed by atoms with Crippen LogP contribution in [0.3, 0.4) is 0 Å². The molecule has 2 saturated heterocycles. The zero-order valence-electron chi connectivity index (χ0n) is 14.3. The lowest BCUT2D eigenvalue weighted by atomic mass is 9.78. The molecule has 2 aliphatic rings. The summed E-state index contributed by atoms with van der Waals surface area (Å²) in [5.41, 5.74) is 2.23. The number of pyridine rings is 1. The second-order valence-corrected chi connectivity index (χ2v) is 6.86. The van der Waals surface area contributed by atoms with Gasteiger partial charge in [0.1, 0.15) is 0 Å². The average Bonchev–Trinajstić information content (AvgIpc) is 2.97. The summed E-state index contributed by atoms with van der Waals surface area (Å²) in [6.07, 6.45) is 7.77. The Labute approximate surface area is 138 Å². The molecule has 5 heteroatoms. The normalized spacial score (nSPS) is 24.7. The van der Waals surface area contributed by atoms with Crippen molar-refractivity contribution in [3.63, 3.8) is 0 Å². The lowest BCUT2D eigenvalue weighted by Crippen LogP contribution is -2.50. The minimum Gasteiger partial charge on any atom is -0.385 e. The van der Waals surface area contributed by atoms with Crippen LogP contribution in [-0.4, -0.2) is 55.7 Å². The van der Waals surface area contributed by atoms with Gasteiger partial charge in [-0.2, -0.15) is 0 Å². The van der Waals surface area contributed by atoms with Gasteiger partial charge in [-0.1, -0.05) is 0 Å². The molecule has 2 aliphatic heterocycles. The number of nitrogens with zero attached hydrogens (tertiary/aromatic N) is 3. The molecule has 0 aromatic carbocycles. The first-order chi connectivity index (χ1) is 11.2. The van der Waals surface area contributed by atoms with Crippen molar-refractivity contribution < 1.29 is 9.53 Å². The second kappa shape index (κ2) is 6.87. The predicted molar refractivity (Wildman–Crippen MR) is 90.5 cm³/mol. The van der Waals surface area contributed by atoms with Gasteiger partial charge < -0.3 is 14.5 Å². The molecule has 0 aliphatic carbocycles. The van der Waals surface area contributed by atoms with Crippen molar-refractivity contribution >= 4 is 11.6 Å². The number of methoxy groups -OCH3 is 1. The Bertz CT molecular complexity index is 563. The zero-order valence-corrected chi connectivity index (χ0v) is 14.3. The molecule has 1 atom stereocenters. The number of ether oxygens (including phenoxy) is 1. The number of carbonyl (C=O) groups excluding carboxylic acids is 1. The number of aromatic nitrogens is 1. The molecule has 0 N–H and O–H groups in total. The van der Waals surface area contributed by atoms with Gasteiger partial charge in [0, 0.05) is 58.0 Å². The van der Waals surface area contributed by atoms with Crippen LogP contribution in [0, 0.1) is 12.3 Å². The van der Waals surface area contributed by atoms with E-state index in [1.807, 2.05) is 12.4 Å². The largest absolute Gasteiger partial charge is 0.385 e. The molecule has 1 amide bonds. The lowest BCUT2D eigenvalue weighted by Gasteiger charge is -2.39. The number of hydrogen-bond acceptors (Lipinski definition) is 4. The molecule has 3 rings (SSSR count). The summed E-state index contributed by atoms with van der Waals surface area (Å²) in [6.45, 7) is 6.34.